The Hall–Kier alpha value is -1.00. The van der Waals surface area contributed by atoms with Gasteiger partial charge in [-0.05, 0) is 57.1 Å². The highest BCUT2D eigenvalue weighted by Gasteiger charge is 2.28. The molecule has 2 heterocycles. The lowest BCUT2D eigenvalue weighted by molar-refractivity contribution is 0.214. The number of nitrogens with zero attached hydrogens (tertiary/aromatic N) is 2. The van der Waals surface area contributed by atoms with Gasteiger partial charge >= 0.3 is 0 Å². The van der Waals surface area contributed by atoms with Crippen molar-refractivity contribution in [3.63, 3.8) is 0 Å². The molecule has 2 nitrogen and oxygen atoms in total. The Morgan fingerprint density at radius 1 is 1.11 bits per heavy atom. The van der Waals surface area contributed by atoms with Crippen LogP contribution in [0, 0.1) is 11.6 Å². The Balaban J connectivity index is 1.70. The van der Waals surface area contributed by atoms with Gasteiger partial charge in [-0.2, -0.15) is 0 Å². The average Bonchev–Trinajstić information content (AvgIpc) is 2.73. The highest BCUT2D eigenvalue weighted by Crippen LogP contribution is 2.23. The predicted octanol–water partition coefficient (Wildman–Crippen LogP) is 2.63. The summed E-state index contributed by atoms with van der Waals surface area (Å²) >= 11 is 0. The van der Waals surface area contributed by atoms with E-state index in [4.69, 9.17) is 0 Å². The number of halogens is 2. The fourth-order valence-corrected chi connectivity index (χ4v) is 3.33. The molecule has 0 N–H and O–H groups in total. The largest absolute Gasteiger partial charge is 0.299 e. The summed E-state index contributed by atoms with van der Waals surface area (Å²) < 4.78 is 26.9. The van der Waals surface area contributed by atoms with Gasteiger partial charge in [0.25, 0.3) is 0 Å². The fourth-order valence-electron chi connectivity index (χ4n) is 3.33. The van der Waals surface area contributed by atoms with E-state index in [0.29, 0.717) is 18.2 Å². The Morgan fingerprint density at radius 2 is 1.95 bits per heavy atom. The SMILES string of the molecule is Fc1ccc(F)c(CN2CCCN3CCC[C@H]3C2)c1. The first kappa shape index (κ1) is 13.0. The summed E-state index contributed by atoms with van der Waals surface area (Å²) in [7, 11) is 0. The zero-order valence-corrected chi connectivity index (χ0v) is 11.1. The summed E-state index contributed by atoms with van der Waals surface area (Å²) in [6.07, 6.45) is 3.63. The molecular weight excluding hydrogens is 246 g/mol. The molecule has 0 amide bonds. The van der Waals surface area contributed by atoms with Crippen molar-refractivity contribution in [3.05, 3.63) is 35.4 Å². The zero-order chi connectivity index (χ0) is 13.2. The Labute approximate surface area is 113 Å². The van der Waals surface area contributed by atoms with Crippen molar-refractivity contribution in [2.24, 2.45) is 0 Å². The Kier molecular flexibility index (Phi) is 3.80. The Morgan fingerprint density at radius 3 is 2.84 bits per heavy atom. The lowest BCUT2D eigenvalue weighted by atomic mass is 10.1. The number of hydrogen-bond acceptors (Lipinski definition) is 2. The molecule has 1 aromatic carbocycles. The van der Waals surface area contributed by atoms with Crippen LogP contribution in [0.1, 0.15) is 24.8 Å². The topological polar surface area (TPSA) is 6.48 Å². The van der Waals surface area contributed by atoms with Crippen molar-refractivity contribution in [3.8, 4) is 0 Å². The third-order valence-electron chi connectivity index (χ3n) is 4.29. The van der Waals surface area contributed by atoms with Crippen molar-refractivity contribution in [2.75, 3.05) is 26.2 Å². The van der Waals surface area contributed by atoms with Crippen molar-refractivity contribution in [1.29, 1.82) is 0 Å². The van der Waals surface area contributed by atoms with E-state index < -0.39 is 0 Å². The van der Waals surface area contributed by atoms with Gasteiger partial charge in [0.05, 0.1) is 0 Å². The normalized spacial score (nSPS) is 25.3. The maximum Gasteiger partial charge on any atom is 0.127 e. The summed E-state index contributed by atoms with van der Waals surface area (Å²) in [5.41, 5.74) is 0.478. The summed E-state index contributed by atoms with van der Waals surface area (Å²) in [5.74, 6) is -0.650. The maximum atomic E-state index is 13.7. The molecule has 0 bridgehead atoms. The van der Waals surface area contributed by atoms with Gasteiger partial charge in [0.2, 0.25) is 0 Å². The summed E-state index contributed by atoms with van der Waals surface area (Å²) in [6.45, 7) is 4.83. The maximum absolute atomic E-state index is 13.7. The second-order valence-electron chi connectivity index (χ2n) is 5.66. The first-order chi connectivity index (χ1) is 9.22. The number of benzene rings is 1. The molecule has 4 heteroatoms. The van der Waals surface area contributed by atoms with Crippen molar-refractivity contribution < 1.29 is 8.78 Å². The van der Waals surface area contributed by atoms with Crippen molar-refractivity contribution in [2.45, 2.75) is 31.8 Å². The monoisotopic (exact) mass is 266 g/mol. The van der Waals surface area contributed by atoms with Gasteiger partial charge in [-0.1, -0.05) is 0 Å². The van der Waals surface area contributed by atoms with E-state index >= 15 is 0 Å². The molecule has 2 aliphatic rings. The molecule has 2 fully saturated rings. The second-order valence-corrected chi connectivity index (χ2v) is 5.66. The second kappa shape index (κ2) is 5.55. The van der Waals surface area contributed by atoms with Crippen LogP contribution in [0.15, 0.2) is 18.2 Å². The van der Waals surface area contributed by atoms with E-state index in [9.17, 15) is 8.78 Å². The Bertz CT molecular complexity index is 450. The van der Waals surface area contributed by atoms with Crippen LogP contribution in [0.4, 0.5) is 8.78 Å². The third-order valence-corrected chi connectivity index (χ3v) is 4.29. The highest BCUT2D eigenvalue weighted by atomic mass is 19.1. The molecule has 2 saturated heterocycles. The van der Waals surface area contributed by atoms with Crippen LogP contribution < -0.4 is 0 Å². The highest BCUT2D eigenvalue weighted by molar-refractivity contribution is 5.18. The third kappa shape index (κ3) is 2.95. The average molecular weight is 266 g/mol. The van der Waals surface area contributed by atoms with Crippen LogP contribution in [0.25, 0.3) is 0 Å². The minimum Gasteiger partial charge on any atom is -0.299 e. The van der Waals surface area contributed by atoms with Crippen LogP contribution in [-0.4, -0.2) is 42.0 Å². The van der Waals surface area contributed by atoms with Crippen LogP contribution in [0.2, 0.25) is 0 Å². The predicted molar refractivity (Wildman–Crippen MR) is 70.8 cm³/mol. The van der Waals surface area contributed by atoms with Gasteiger partial charge in [0.1, 0.15) is 11.6 Å². The van der Waals surface area contributed by atoms with E-state index in [1.165, 1.54) is 37.6 Å². The molecule has 0 aromatic heterocycles. The molecule has 1 aromatic rings. The summed E-state index contributed by atoms with van der Waals surface area (Å²) in [5, 5.41) is 0. The molecule has 0 saturated carbocycles. The van der Waals surface area contributed by atoms with Gasteiger partial charge in [-0.15, -0.1) is 0 Å². The van der Waals surface area contributed by atoms with Crippen molar-refractivity contribution >= 4 is 0 Å². The van der Waals surface area contributed by atoms with E-state index in [1.807, 2.05) is 0 Å². The molecule has 1 atom stereocenters. The van der Waals surface area contributed by atoms with Gasteiger partial charge in [0.15, 0.2) is 0 Å². The van der Waals surface area contributed by atoms with E-state index in [2.05, 4.69) is 9.80 Å². The first-order valence-electron chi connectivity index (χ1n) is 7.13. The van der Waals surface area contributed by atoms with Crippen LogP contribution in [0.5, 0.6) is 0 Å². The van der Waals surface area contributed by atoms with Crippen molar-refractivity contribution in [1.82, 2.24) is 9.80 Å². The summed E-state index contributed by atoms with van der Waals surface area (Å²) in [4.78, 5) is 4.82. The van der Waals surface area contributed by atoms with Crippen LogP contribution >= 0.6 is 0 Å². The first-order valence-corrected chi connectivity index (χ1v) is 7.13. The molecule has 0 aliphatic carbocycles. The molecule has 19 heavy (non-hydrogen) atoms. The van der Waals surface area contributed by atoms with Crippen LogP contribution in [0.3, 0.4) is 0 Å². The number of rotatable bonds is 2. The lowest BCUT2D eigenvalue weighted by Crippen LogP contribution is -2.36. The summed E-state index contributed by atoms with van der Waals surface area (Å²) in [6, 6.07) is 4.34. The smallest absolute Gasteiger partial charge is 0.127 e. The molecule has 3 rings (SSSR count). The zero-order valence-electron chi connectivity index (χ0n) is 11.1. The molecular formula is C15H20F2N2. The number of hydrogen-bond donors (Lipinski definition) is 0. The number of fused-ring (bicyclic) bond motifs is 1. The minimum absolute atomic E-state index is 0.297. The van der Waals surface area contributed by atoms with E-state index in [1.54, 1.807) is 0 Å². The van der Waals surface area contributed by atoms with Gasteiger partial charge < -0.3 is 0 Å². The molecule has 0 spiro atoms. The van der Waals surface area contributed by atoms with Crippen LogP contribution in [-0.2, 0) is 6.54 Å². The van der Waals surface area contributed by atoms with E-state index in [-0.39, 0.29) is 11.6 Å². The molecule has 0 radical (unpaired) electrons. The molecule has 104 valence electrons. The quantitative estimate of drug-likeness (QED) is 0.812. The standard InChI is InChI=1S/C15H20F2N2/c16-13-4-5-15(17)12(9-13)10-18-6-2-8-19-7-1-3-14(19)11-18/h4-5,9,14H,1-3,6-8,10-11H2/t14-/m0/s1. The van der Waals surface area contributed by atoms with Gasteiger partial charge in [-0.25, -0.2) is 8.78 Å². The van der Waals surface area contributed by atoms with E-state index in [0.717, 1.165) is 26.1 Å². The van der Waals surface area contributed by atoms with Gasteiger partial charge in [0, 0.05) is 24.7 Å². The molecule has 0 unspecified atom stereocenters. The fraction of sp³-hybridized carbons (Fsp3) is 0.600. The molecule has 2 aliphatic heterocycles. The minimum atomic E-state index is -0.353. The lowest BCUT2D eigenvalue weighted by Gasteiger charge is -2.25. The van der Waals surface area contributed by atoms with Gasteiger partial charge in [-0.3, -0.25) is 9.80 Å².